The first-order valence-corrected chi connectivity index (χ1v) is 4.66. The average Bonchev–Trinajstić information content (AvgIpc) is 2.75. The van der Waals surface area contributed by atoms with Crippen LogP contribution in [0.5, 0.6) is 0 Å². The SMILES string of the molecule is O=C1NCCC12C=Nc1ccnn1C2. The van der Waals surface area contributed by atoms with E-state index in [9.17, 15) is 4.79 Å². The molecule has 0 radical (unpaired) electrons. The lowest BCUT2D eigenvalue weighted by Crippen LogP contribution is -2.38. The predicted octanol–water partition coefficient (Wildman–Crippen LogP) is 0.105. The number of fused-ring (bicyclic) bond motifs is 1. The Kier molecular flexibility index (Phi) is 1.34. The summed E-state index contributed by atoms with van der Waals surface area (Å²) in [4.78, 5) is 15.9. The number of carbonyl (C=O) groups is 1. The lowest BCUT2D eigenvalue weighted by Gasteiger charge is -2.24. The standard InChI is InChI=1S/C9H10N4O/c14-8-9(2-4-10-8)5-11-7-1-3-12-13(7)6-9/h1,3,5H,2,4,6H2,(H,10,14). The number of rotatable bonds is 0. The number of amides is 1. The molecule has 3 heterocycles. The van der Waals surface area contributed by atoms with E-state index in [1.165, 1.54) is 0 Å². The molecule has 3 rings (SSSR count). The third kappa shape index (κ3) is 0.865. The van der Waals surface area contributed by atoms with Crippen molar-refractivity contribution in [1.82, 2.24) is 15.1 Å². The van der Waals surface area contributed by atoms with E-state index in [-0.39, 0.29) is 5.91 Å². The summed E-state index contributed by atoms with van der Waals surface area (Å²) < 4.78 is 1.78. The van der Waals surface area contributed by atoms with Gasteiger partial charge in [-0.05, 0) is 6.42 Å². The van der Waals surface area contributed by atoms with Gasteiger partial charge in [0.25, 0.3) is 0 Å². The molecular formula is C9H10N4O. The Balaban J connectivity index is 2.04. The zero-order valence-electron chi connectivity index (χ0n) is 7.60. The number of aliphatic imine (C=N–C) groups is 1. The van der Waals surface area contributed by atoms with Crippen molar-refractivity contribution in [2.75, 3.05) is 6.54 Å². The minimum atomic E-state index is -0.445. The van der Waals surface area contributed by atoms with E-state index in [0.29, 0.717) is 6.54 Å². The normalized spacial score (nSPS) is 29.3. The lowest BCUT2D eigenvalue weighted by molar-refractivity contribution is -0.125. The zero-order valence-corrected chi connectivity index (χ0v) is 7.60. The van der Waals surface area contributed by atoms with Crippen molar-refractivity contribution in [1.29, 1.82) is 0 Å². The number of aromatic nitrogens is 2. The molecule has 14 heavy (non-hydrogen) atoms. The van der Waals surface area contributed by atoms with Gasteiger partial charge in [-0.25, -0.2) is 9.67 Å². The molecule has 1 aromatic heterocycles. The largest absolute Gasteiger partial charge is 0.355 e. The van der Waals surface area contributed by atoms with E-state index in [1.807, 2.05) is 6.07 Å². The molecule has 1 N–H and O–H groups in total. The quantitative estimate of drug-likeness (QED) is 0.631. The number of nitrogens with zero attached hydrogens (tertiary/aromatic N) is 3. The van der Waals surface area contributed by atoms with Crippen molar-refractivity contribution in [3.63, 3.8) is 0 Å². The minimum absolute atomic E-state index is 0.0717. The summed E-state index contributed by atoms with van der Waals surface area (Å²) in [6, 6.07) is 1.84. The van der Waals surface area contributed by atoms with Crippen molar-refractivity contribution in [2.45, 2.75) is 13.0 Å². The summed E-state index contributed by atoms with van der Waals surface area (Å²) >= 11 is 0. The Bertz CT molecular complexity index is 422. The summed E-state index contributed by atoms with van der Waals surface area (Å²) in [5.74, 6) is 0.901. The maximum Gasteiger partial charge on any atom is 0.233 e. The van der Waals surface area contributed by atoms with Crippen molar-refractivity contribution in [2.24, 2.45) is 10.4 Å². The highest BCUT2D eigenvalue weighted by Crippen LogP contribution is 2.32. The Morgan fingerprint density at radius 3 is 3.29 bits per heavy atom. The van der Waals surface area contributed by atoms with E-state index in [4.69, 9.17) is 0 Å². The summed E-state index contributed by atoms with van der Waals surface area (Å²) in [6.07, 6.45) is 4.29. The van der Waals surface area contributed by atoms with E-state index in [2.05, 4.69) is 15.4 Å². The maximum absolute atomic E-state index is 11.6. The molecule has 5 nitrogen and oxygen atoms in total. The van der Waals surface area contributed by atoms with Crippen LogP contribution in [-0.4, -0.2) is 28.4 Å². The van der Waals surface area contributed by atoms with Gasteiger partial charge < -0.3 is 5.32 Å². The molecule has 1 fully saturated rings. The molecule has 0 bridgehead atoms. The molecular weight excluding hydrogens is 180 g/mol. The molecule has 5 heteroatoms. The van der Waals surface area contributed by atoms with Crippen LogP contribution < -0.4 is 5.32 Å². The van der Waals surface area contributed by atoms with Gasteiger partial charge in [0.05, 0.1) is 12.7 Å². The molecule has 1 unspecified atom stereocenters. The Hall–Kier alpha value is -1.65. The third-order valence-corrected chi connectivity index (χ3v) is 2.88. The van der Waals surface area contributed by atoms with Crippen LogP contribution in [0.1, 0.15) is 6.42 Å². The average molecular weight is 190 g/mol. The summed E-state index contributed by atoms with van der Waals surface area (Å²) in [5.41, 5.74) is -0.445. The second-order valence-electron chi connectivity index (χ2n) is 3.77. The van der Waals surface area contributed by atoms with Crippen LogP contribution in [0, 0.1) is 5.41 Å². The van der Waals surface area contributed by atoms with Gasteiger partial charge in [-0.3, -0.25) is 4.79 Å². The molecule has 1 atom stereocenters. The number of carbonyl (C=O) groups excluding carboxylic acids is 1. The zero-order chi connectivity index (χ0) is 9.60. The van der Waals surface area contributed by atoms with E-state index < -0.39 is 5.41 Å². The van der Waals surface area contributed by atoms with Gasteiger partial charge in [-0.2, -0.15) is 5.10 Å². The van der Waals surface area contributed by atoms with Crippen molar-refractivity contribution in [3.8, 4) is 0 Å². The van der Waals surface area contributed by atoms with Crippen molar-refractivity contribution >= 4 is 17.9 Å². The minimum Gasteiger partial charge on any atom is -0.355 e. The molecule has 1 spiro atoms. The van der Waals surface area contributed by atoms with Gasteiger partial charge in [0.1, 0.15) is 11.2 Å². The summed E-state index contributed by atoms with van der Waals surface area (Å²) in [5, 5.41) is 6.96. The fourth-order valence-corrected chi connectivity index (χ4v) is 2.02. The summed E-state index contributed by atoms with van der Waals surface area (Å²) in [7, 11) is 0. The molecule has 0 aliphatic carbocycles. The van der Waals surface area contributed by atoms with Crippen LogP contribution in [0.15, 0.2) is 17.3 Å². The number of nitrogens with one attached hydrogen (secondary N) is 1. The molecule has 2 aliphatic heterocycles. The van der Waals surface area contributed by atoms with E-state index in [0.717, 1.165) is 18.8 Å². The smallest absolute Gasteiger partial charge is 0.233 e. The van der Waals surface area contributed by atoms with Crippen LogP contribution in [-0.2, 0) is 11.3 Å². The highest BCUT2D eigenvalue weighted by atomic mass is 16.2. The topological polar surface area (TPSA) is 59.3 Å². The van der Waals surface area contributed by atoms with Gasteiger partial charge in [-0.15, -0.1) is 0 Å². The van der Waals surface area contributed by atoms with Gasteiger partial charge in [0.15, 0.2) is 0 Å². The Morgan fingerprint density at radius 2 is 2.50 bits per heavy atom. The molecule has 2 aliphatic rings. The lowest BCUT2D eigenvalue weighted by atomic mass is 9.87. The second kappa shape index (κ2) is 2.43. The number of hydrogen-bond acceptors (Lipinski definition) is 3. The molecule has 0 saturated carbocycles. The first-order valence-electron chi connectivity index (χ1n) is 4.66. The highest BCUT2D eigenvalue weighted by Gasteiger charge is 2.43. The van der Waals surface area contributed by atoms with Crippen LogP contribution in [0.25, 0.3) is 0 Å². The van der Waals surface area contributed by atoms with E-state index in [1.54, 1.807) is 17.1 Å². The predicted molar refractivity (Wildman–Crippen MR) is 50.4 cm³/mol. The molecule has 1 saturated heterocycles. The van der Waals surface area contributed by atoms with Gasteiger partial charge in [0, 0.05) is 18.8 Å². The highest BCUT2D eigenvalue weighted by molar-refractivity contribution is 6.01. The fraction of sp³-hybridized carbons (Fsp3) is 0.444. The second-order valence-corrected chi connectivity index (χ2v) is 3.77. The molecule has 1 aromatic rings. The van der Waals surface area contributed by atoms with E-state index >= 15 is 0 Å². The first kappa shape index (κ1) is 7.73. The van der Waals surface area contributed by atoms with Gasteiger partial charge in [0.2, 0.25) is 5.91 Å². The first-order chi connectivity index (χ1) is 6.80. The van der Waals surface area contributed by atoms with Crippen LogP contribution in [0.4, 0.5) is 5.82 Å². The van der Waals surface area contributed by atoms with Crippen LogP contribution >= 0.6 is 0 Å². The monoisotopic (exact) mass is 190 g/mol. The third-order valence-electron chi connectivity index (χ3n) is 2.88. The number of hydrogen-bond donors (Lipinski definition) is 1. The maximum atomic E-state index is 11.6. The molecule has 0 aromatic carbocycles. The van der Waals surface area contributed by atoms with Crippen LogP contribution in [0.2, 0.25) is 0 Å². The van der Waals surface area contributed by atoms with Gasteiger partial charge in [-0.1, -0.05) is 0 Å². The van der Waals surface area contributed by atoms with Crippen LogP contribution in [0.3, 0.4) is 0 Å². The summed E-state index contributed by atoms with van der Waals surface area (Å²) in [6.45, 7) is 1.35. The fourth-order valence-electron chi connectivity index (χ4n) is 2.02. The van der Waals surface area contributed by atoms with Crippen molar-refractivity contribution in [3.05, 3.63) is 12.3 Å². The molecule has 1 amide bonds. The Morgan fingerprint density at radius 1 is 1.57 bits per heavy atom. The van der Waals surface area contributed by atoms with Gasteiger partial charge >= 0.3 is 0 Å². The Labute approximate surface area is 80.8 Å². The van der Waals surface area contributed by atoms with Crippen molar-refractivity contribution < 1.29 is 4.79 Å². The molecule has 72 valence electrons.